The van der Waals surface area contributed by atoms with Crippen LogP contribution in [0.25, 0.3) is 0 Å². The van der Waals surface area contributed by atoms with Gasteiger partial charge in [0.2, 0.25) is 5.91 Å². The molecule has 108 valence electrons. The van der Waals surface area contributed by atoms with Crippen molar-refractivity contribution in [2.24, 2.45) is 5.92 Å². The van der Waals surface area contributed by atoms with Crippen molar-refractivity contribution in [3.05, 3.63) is 34.9 Å². The Morgan fingerprint density at radius 2 is 1.85 bits per heavy atom. The first-order valence-corrected chi connectivity index (χ1v) is 6.96. The molecule has 1 aliphatic rings. The van der Waals surface area contributed by atoms with E-state index in [4.69, 9.17) is 0 Å². The van der Waals surface area contributed by atoms with Crippen LogP contribution in [-0.2, 0) is 17.9 Å². The van der Waals surface area contributed by atoms with Crippen molar-refractivity contribution in [2.75, 3.05) is 13.1 Å². The smallest absolute Gasteiger partial charge is 0.251 e. The number of rotatable bonds is 5. The van der Waals surface area contributed by atoms with Crippen molar-refractivity contribution >= 4 is 11.8 Å². The van der Waals surface area contributed by atoms with Gasteiger partial charge < -0.3 is 16.0 Å². The fraction of sp³-hybridized carbons (Fsp3) is 0.467. The van der Waals surface area contributed by atoms with Crippen LogP contribution in [0.4, 0.5) is 0 Å². The Hall–Kier alpha value is -1.88. The minimum absolute atomic E-state index is 0.00264. The van der Waals surface area contributed by atoms with E-state index >= 15 is 0 Å². The average Bonchev–Trinajstić information content (AvgIpc) is 2.90. The van der Waals surface area contributed by atoms with Crippen LogP contribution < -0.4 is 16.0 Å². The van der Waals surface area contributed by atoms with Crippen LogP contribution in [0.1, 0.15) is 35.3 Å². The largest absolute Gasteiger partial charge is 0.354 e. The first-order chi connectivity index (χ1) is 9.58. The molecule has 1 aromatic carbocycles. The highest BCUT2D eigenvalue weighted by Gasteiger charge is 2.13. The summed E-state index contributed by atoms with van der Waals surface area (Å²) in [7, 11) is 0. The molecule has 0 bridgehead atoms. The van der Waals surface area contributed by atoms with E-state index < -0.39 is 0 Å². The molecule has 20 heavy (non-hydrogen) atoms. The quantitative estimate of drug-likeness (QED) is 0.696. The van der Waals surface area contributed by atoms with Gasteiger partial charge in [0.15, 0.2) is 0 Å². The summed E-state index contributed by atoms with van der Waals surface area (Å²) < 4.78 is 0. The van der Waals surface area contributed by atoms with Gasteiger partial charge in [0, 0.05) is 37.7 Å². The number of hydrogen-bond donors (Lipinski definition) is 3. The number of hydrogen-bond acceptors (Lipinski definition) is 3. The van der Waals surface area contributed by atoms with E-state index in [1.165, 1.54) is 11.1 Å². The SMILES string of the molecule is CC(C)C(=O)NCCNC(=O)c1ccc2c(c1)CNC2. The molecule has 1 aromatic rings. The molecule has 0 aromatic heterocycles. The van der Waals surface area contributed by atoms with Crippen LogP contribution in [0.3, 0.4) is 0 Å². The maximum Gasteiger partial charge on any atom is 0.251 e. The van der Waals surface area contributed by atoms with Gasteiger partial charge in [-0.25, -0.2) is 0 Å². The van der Waals surface area contributed by atoms with Gasteiger partial charge in [-0.1, -0.05) is 19.9 Å². The lowest BCUT2D eigenvalue weighted by Crippen LogP contribution is -2.36. The molecule has 0 atom stereocenters. The summed E-state index contributed by atoms with van der Waals surface area (Å²) in [5.74, 6) is -0.128. The zero-order valence-electron chi connectivity index (χ0n) is 12.0. The van der Waals surface area contributed by atoms with Crippen LogP contribution in [0.15, 0.2) is 18.2 Å². The van der Waals surface area contributed by atoms with Gasteiger partial charge in [-0.15, -0.1) is 0 Å². The molecule has 0 saturated heterocycles. The molecule has 0 saturated carbocycles. The van der Waals surface area contributed by atoms with Crippen LogP contribution in [0, 0.1) is 5.92 Å². The Labute approximate surface area is 119 Å². The van der Waals surface area contributed by atoms with E-state index in [-0.39, 0.29) is 17.7 Å². The van der Waals surface area contributed by atoms with E-state index in [1.807, 2.05) is 32.0 Å². The average molecular weight is 275 g/mol. The minimum Gasteiger partial charge on any atom is -0.354 e. The molecule has 1 heterocycles. The zero-order valence-corrected chi connectivity index (χ0v) is 12.0. The van der Waals surface area contributed by atoms with Crippen molar-refractivity contribution in [2.45, 2.75) is 26.9 Å². The molecule has 5 heteroatoms. The number of benzene rings is 1. The van der Waals surface area contributed by atoms with E-state index in [2.05, 4.69) is 16.0 Å². The minimum atomic E-state index is -0.0986. The van der Waals surface area contributed by atoms with Crippen LogP contribution in [-0.4, -0.2) is 24.9 Å². The monoisotopic (exact) mass is 275 g/mol. The lowest BCUT2D eigenvalue weighted by molar-refractivity contribution is -0.123. The van der Waals surface area contributed by atoms with E-state index in [0.717, 1.165) is 13.1 Å². The van der Waals surface area contributed by atoms with Gasteiger partial charge >= 0.3 is 0 Å². The second-order valence-corrected chi connectivity index (χ2v) is 5.29. The summed E-state index contributed by atoms with van der Waals surface area (Å²) in [4.78, 5) is 23.3. The number of fused-ring (bicyclic) bond motifs is 1. The summed E-state index contributed by atoms with van der Waals surface area (Å²) in [5.41, 5.74) is 3.11. The molecule has 0 spiro atoms. The fourth-order valence-electron chi connectivity index (χ4n) is 2.10. The van der Waals surface area contributed by atoms with Crippen molar-refractivity contribution in [1.29, 1.82) is 0 Å². The highest BCUT2D eigenvalue weighted by Crippen LogP contribution is 2.16. The number of amides is 2. The third-order valence-corrected chi connectivity index (χ3v) is 3.33. The second kappa shape index (κ2) is 6.52. The molecule has 0 aliphatic carbocycles. The van der Waals surface area contributed by atoms with Gasteiger partial charge in [0.05, 0.1) is 0 Å². The maximum absolute atomic E-state index is 12.0. The third-order valence-electron chi connectivity index (χ3n) is 3.33. The van der Waals surface area contributed by atoms with Gasteiger partial charge in [0.25, 0.3) is 5.91 Å². The molecule has 0 radical (unpaired) electrons. The van der Waals surface area contributed by atoms with Gasteiger partial charge in [0.1, 0.15) is 0 Å². The maximum atomic E-state index is 12.0. The number of nitrogens with one attached hydrogen (secondary N) is 3. The van der Waals surface area contributed by atoms with Crippen LogP contribution in [0.5, 0.6) is 0 Å². The first-order valence-electron chi connectivity index (χ1n) is 6.96. The summed E-state index contributed by atoms with van der Waals surface area (Å²) in [5, 5.41) is 8.83. The molecule has 2 amide bonds. The lowest BCUT2D eigenvalue weighted by Gasteiger charge is -2.09. The molecule has 0 fully saturated rings. The van der Waals surface area contributed by atoms with E-state index in [0.29, 0.717) is 18.7 Å². The zero-order chi connectivity index (χ0) is 14.5. The fourth-order valence-corrected chi connectivity index (χ4v) is 2.10. The van der Waals surface area contributed by atoms with E-state index in [9.17, 15) is 9.59 Å². The molecular weight excluding hydrogens is 254 g/mol. The standard InChI is InChI=1S/C15H21N3O2/c1-10(2)14(19)17-5-6-18-15(20)11-3-4-12-8-16-9-13(12)7-11/h3-4,7,10,16H,5-6,8-9H2,1-2H3,(H,17,19)(H,18,20). The molecule has 0 unspecified atom stereocenters. The molecule has 1 aliphatic heterocycles. The molecule has 5 nitrogen and oxygen atoms in total. The molecular formula is C15H21N3O2. The Morgan fingerprint density at radius 1 is 1.15 bits per heavy atom. The van der Waals surface area contributed by atoms with Crippen molar-refractivity contribution in [1.82, 2.24) is 16.0 Å². The second-order valence-electron chi connectivity index (χ2n) is 5.29. The van der Waals surface area contributed by atoms with Gasteiger partial charge in [-0.3, -0.25) is 9.59 Å². The molecule has 2 rings (SSSR count). The van der Waals surface area contributed by atoms with Crippen LogP contribution in [0.2, 0.25) is 0 Å². The van der Waals surface area contributed by atoms with Gasteiger partial charge in [-0.05, 0) is 23.3 Å². The lowest BCUT2D eigenvalue weighted by atomic mass is 10.1. The number of carbonyl (C=O) groups excluding carboxylic acids is 2. The van der Waals surface area contributed by atoms with Crippen molar-refractivity contribution in [3.8, 4) is 0 Å². The summed E-state index contributed by atoms with van der Waals surface area (Å²) >= 11 is 0. The summed E-state index contributed by atoms with van der Waals surface area (Å²) in [6, 6.07) is 5.76. The normalized spacial score (nSPS) is 13.2. The highest BCUT2D eigenvalue weighted by molar-refractivity contribution is 5.94. The van der Waals surface area contributed by atoms with E-state index in [1.54, 1.807) is 0 Å². The van der Waals surface area contributed by atoms with Crippen LogP contribution >= 0.6 is 0 Å². The summed E-state index contributed by atoms with van der Waals surface area (Å²) in [6.45, 7) is 6.26. The topological polar surface area (TPSA) is 70.2 Å². The van der Waals surface area contributed by atoms with Gasteiger partial charge in [-0.2, -0.15) is 0 Å². The summed E-state index contributed by atoms with van der Waals surface area (Å²) in [6.07, 6.45) is 0. The third kappa shape index (κ3) is 3.57. The Balaban J connectivity index is 1.79. The van der Waals surface area contributed by atoms with Crippen molar-refractivity contribution < 1.29 is 9.59 Å². The Morgan fingerprint density at radius 3 is 2.60 bits per heavy atom. The number of carbonyl (C=O) groups is 2. The predicted molar refractivity (Wildman–Crippen MR) is 77.2 cm³/mol. The first kappa shape index (κ1) is 14.5. The predicted octanol–water partition coefficient (Wildman–Crippen LogP) is 0.792. The Bertz CT molecular complexity index is 512. The highest BCUT2D eigenvalue weighted by atomic mass is 16.2. The Kier molecular flexibility index (Phi) is 4.74. The van der Waals surface area contributed by atoms with Crippen molar-refractivity contribution in [3.63, 3.8) is 0 Å². The molecule has 3 N–H and O–H groups in total.